The number of aromatic nitrogens is 2. The zero-order chi connectivity index (χ0) is 23.2. The quantitative estimate of drug-likeness (QED) is 0.650. The van der Waals surface area contributed by atoms with E-state index in [1.54, 1.807) is 18.2 Å². The van der Waals surface area contributed by atoms with Crippen LogP contribution in [0.2, 0.25) is 5.02 Å². The van der Waals surface area contributed by atoms with E-state index in [-0.39, 0.29) is 6.04 Å². The van der Waals surface area contributed by atoms with Gasteiger partial charge in [0.2, 0.25) is 0 Å². The highest BCUT2D eigenvalue weighted by atomic mass is 35.5. The Morgan fingerprint density at radius 3 is 2.79 bits per heavy atom. The molecule has 2 fully saturated rings. The van der Waals surface area contributed by atoms with Crippen molar-refractivity contribution >= 4 is 23.5 Å². The van der Waals surface area contributed by atoms with Gasteiger partial charge in [0.1, 0.15) is 5.82 Å². The van der Waals surface area contributed by atoms with Gasteiger partial charge in [0, 0.05) is 50.0 Å². The van der Waals surface area contributed by atoms with Gasteiger partial charge in [-0.25, -0.2) is 9.78 Å². The van der Waals surface area contributed by atoms with Crippen molar-refractivity contribution < 1.29 is 14.6 Å². The number of anilines is 1. The minimum atomic E-state index is -0.816. The highest BCUT2D eigenvalue weighted by molar-refractivity contribution is 6.30. The Hall–Kier alpha value is -2.58. The molecule has 0 bridgehead atoms. The second-order valence-corrected chi connectivity index (χ2v) is 9.36. The topological polar surface area (TPSA) is 82.0 Å². The molecule has 2 aliphatic heterocycles. The maximum absolute atomic E-state index is 12.2. The summed E-state index contributed by atoms with van der Waals surface area (Å²) in [6.45, 7) is 4.92. The van der Waals surface area contributed by atoms with Gasteiger partial charge < -0.3 is 19.6 Å². The first-order chi connectivity index (χ1) is 16.0. The molecule has 3 heterocycles. The molecule has 1 unspecified atom stereocenters. The lowest BCUT2D eigenvalue weighted by atomic mass is 9.95. The number of nitrogens with zero attached hydrogens (tertiary/aromatic N) is 5. The van der Waals surface area contributed by atoms with Crippen LogP contribution < -0.4 is 9.64 Å². The van der Waals surface area contributed by atoms with E-state index in [0.29, 0.717) is 18.5 Å². The lowest BCUT2D eigenvalue weighted by molar-refractivity contribution is 0.0831. The SMILES string of the molecule is COc1nccc(N2CCC(N(CC3CCCN(Cc4cccc(Cl)c4)C3)C(=O)O)CC2)n1. The first-order valence-electron chi connectivity index (χ1n) is 11.6. The highest BCUT2D eigenvalue weighted by Crippen LogP contribution is 2.26. The van der Waals surface area contributed by atoms with Crippen molar-refractivity contribution in [3.8, 4) is 6.01 Å². The second-order valence-electron chi connectivity index (χ2n) is 8.93. The molecule has 8 nitrogen and oxygen atoms in total. The van der Waals surface area contributed by atoms with Crippen LogP contribution in [-0.4, -0.2) is 76.8 Å². The van der Waals surface area contributed by atoms with Gasteiger partial charge in [-0.05, 0) is 61.9 Å². The molecule has 0 radical (unpaired) electrons. The van der Waals surface area contributed by atoms with E-state index in [1.807, 2.05) is 24.3 Å². The van der Waals surface area contributed by atoms with Crippen LogP contribution >= 0.6 is 11.6 Å². The summed E-state index contributed by atoms with van der Waals surface area (Å²) in [5.74, 6) is 1.17. The van der Waals surface area contributed by atoms with Gasteiger partial charge in [-0.2, -0.15) is 4.98 Å². The summed E-state index contributed by atoms with van der Waals surface area (Å²) in [5.41, 5.74) is 1.20. The van der Waals surface area contributed by atoms with E-state index in [2.05, 4.69) is 25.8 Å². The van der Waals surface area contributed by atoms with Gasteiger partial charge in [0.15, 0.2) is 0 Å². The number of halogens is 1. The van der Waals surface area contributed by atoms with E-state index < -0.39 is 6.09 Å². The van der Waals surface area contributed by atoms with E-state index in [0.717, 1.165) is 69.2 Å². The number of piperidine rings is 2. The van der Waals surface area contributed by atoms with Crippen LogP contribution in [0.4, 0.5) is 10.6 Å². The minimum absolute atomic E-state index is 0.0331. The summed E-state index contributed by atoms with van der Waals surface area (Å²) in [6.07, 6.45) is 4.61. The average molecular weight is 474 g/mol. The van der Waals surface area contributed by atoms with Crippen molar-refractivity contribution in [3.63, 3.8) is 0 Å². The van der Waals surface area contributed by atoms with Crippen LogP contribution in [0.3, 0.4) is 0 Å². The van der Waals surface area contributed by atoms with Crippen molar-refractivity contribution in [1.82, 2.24) is 19.8 Å². The molecule has 0 saturated carbocycles. The second kappa shape index (κ2) is 11.0. The summed E-state index contributed by atoms with van der Waals surface area (Å²) in [5, 5.41) is 10.7. The Labute approximate surface area is 200 Å². The van der Waals surface area contributed by atoms with Crippen molar-refractivity contribution in [3.05, 3.63) is 47.1 Å². The number of methoxy groups -OCH3 is 1. The molecule has 2 aromatic rings. The highest BCUT2D eigenvalue weighted by Gasteiger charge is 2.31. The zero-order valence-electron chi connectivity index (χ0n) is 19.1. The van der Waals surface area contributed by atoms with Gasteiger partial charge in [0.25, 0.3) is 0 Å². The molecule has 1 amide bonds. The molecular formula is C24H32ClN5O3. The molecule has 4 rings (SSSR count). The standard InChI is InChI=1S/C24H32ClN5O3/c1-33-23-26-10-7-22(27-23)29-12-8-21(9-13-29)30(24(31)32)17-19-5-3-11-28(16-19)15-18-4-2-6-20(25)14-18/h2,4,6-7,10,14,19,21H,3,5,8-9,11-13,15-17H2,1H3,(H,31,32). The van der Waals surface area contributed by atoms with Crippen molar-refractivity contribution in [2.45, 2.75) is 38.3 Å². The number of rotatable bonds is 7. The molecule has 1 N–H and O–H groups in total. The fourth-order valence-corrected chi connectivity index (χ4v) is 5.22. The van der Waals surface area contributed by atoms with Crippen LogP contribution in [0.1, 0.15) is 31.2 Å². The van der Waals surface area contributed by atoms with Gasteiger partial charge in [-0.15, -0.1) is 0 Å². The molecule has 1 aromatic heterocycles. The Morgan fingerprint density at radius 2 is 2.06 bits per heavy atom. The fourth-order valence-electron chi connectivity index (χ4n) is 5.01. The zero-order valence-corrected chi connectivity index (χ0v) is 19.8. The molecule has 0 aliphatic carbocycles. The first-order valence-corrected chi connectivity index (χ1v) is 12.0. The third kappa shape index (κ3) is 6.26. The van der Waals surface area contributed by atoms with Gasteiger partial charge in [-0.3, -0.25) is 4.90 Å². The number of ether oxygens (including phenoxy) is 1. The molecule has 2 saturated heterocycles. The third-order valence-corrected chi connectivity index (χ3v) is 6.86. The van der Waals surface area contributed by atoms with Crippen molar-refractivity contribution in [2.75, 3.05) is 44.7 Å². The number of benzene rings is 1. The molecule has 0 spiro atoms. The first kappa shape index (κ1) is 23.6. The smallest absolute Gasteiger partial charge is 0.407 e. The monoisotopic (exact) mass is 473 g/mol. The van der Waals surface area contributed by atoms with E-state index in [1.165, 1.54) is 5.56 Å². The number of carbonyl (C=O) groups is 1. The Kier molecular flexibility index (Phi) is 7.88. The Balaban J connectivity index is 1.32. The van der Waals surface area contributed by atoms with Crippen molar-refractivity contribution in [2.24, 2.45) is 5.92 Å². The van der Waals surface area contributed by atoms with Crippen molar-refractivity contribution in [1.29, 1.82) is 0 Å². The van der Waals surface area contributed by atoms with Gasteiger partial charge >= 0.3 is 12.1 Å². The van der Waals surface area contributed by atoms with Gasteiger partial charge in [0.05, 0.1) is 7.11 Å². The number of hydrogen-bond donors (Lipinski definition) is 1. The fraction of sp³-hybridized carbons (Fsp3) is 0.542. The minimum Gasteiger partial charge on any atom is -0.467 e. The average Bonchev–Trinajstić information content (AvgIpc) is 2.83. The van der Waals surface area contributed by atoms with E-state index >= 15 is 0 Å². The largest absolute Gasteiger partial charge is 0.467 e. The van der Waals surface area contributed by atoms with Crippen LogP contribution in [0.15, 0.2) is 36.5 Å². The maximum Gasteiger partial charge on any atom is 0.407 e. The molecule has 178 valence electrons. The summed E-state index contributed by atoms with van der Waals surface area (Å²) in [4.78, 5) is 26.9. The lowest BCUT2D eigenvalue weighted by Gasteiger charge is -2.40. The molecule has 1 atom stereocenters. The molecule has 9 heteroatoms. The number of hydrogen-bond acceptors (Lipinski definition) is 6. The number of likely N-dealkylation sites (tertiary alicyclic amines) is 1. The normalized spacial score (nSPS) is 19.9. The summed E-state index contributed by atoms with van der Waals surface area (Å²) in [6, 6.07) is 10.2. The van der Waals surface area contributed by atoms with Crippen LogP contribution in [0.5, 0.6) is 6.01 Å². The third-order valence-electron chi connectivity index (χ3n) is 6.63. The molecular weight excluding hydrogens is 442 g/mol. The molecule has 1 aromatic carbocycles. The lowest BCUT2D eigenvalue weighted by Crippen LogP contribution is -2.50. The molecule has 33 heavy (non-hydrogen) atoms. The molecule has 2 aliphatic rings. The summed E-state index contributed by atoms with van der Waals surface area (Å²) in [7, 11) is 1.55. The predicted molar refractivity (Wildman–Crippen MR) is 128 cm³/mol. The Bertz CT molecular complexity index is 938. The summed E-state index contributed by atoms with van der Waals surface area (Å²) >= 11 is 6.14. The predicted octanol–water partition coefficient (Wildman–Crippen LogP) is 4.00. The van der Waals surface area contributed by atoms with Crippen LogP contribution in [0.25, 0.3) is 0 Å². The van der Waals surface area contributed by atoms with E-state index in [4.69, 9.17) is 16.3 Å². The van der Waals surface area contributed by atoms with Gasteiger partial charge in [-0.1, -0.05) is 23.7 Å². The maximum atomic E-state index is 12.2. The summed E-state index contributed by atoms with van der Waals surface area (Å²) < 4.78 is 5.13. The Morgan fingerprint density at radius 1 is 1.24 bits per heavy atom. The van der Waals surface area contributed by atoms with Crippen LogP contribution in [0, 0.1) is 5.92 Å². The number of amides is 1. The van der Waals surface area contributed by atoms with E-state index in [9.17, 15) is 9.90 Å². The number of carboxylic acid groups (broad SMARTS) is 1. The van der Waals surface area contributed by atoms with Crippen LogP contribution in [-0.2, 0) is 6.54 Å².